The molecule has 0 aliphatic rings. The Morgan fingerprint density at radius 2 is 0.984 bits per heavy atom. The largest absolute Gasteiger partial charge is 0.456 e. The predicted molar refractivity (Wildman–Crippen MR) is 265 cm³/mol. The van der Waals surface area contributed by atoms with Gasteiger partial charge < -0.3 is 8.98 Å². The van der Waals surface area contributed by atoms with Gasteiger partial charge in [-0.15, -0.1) is 11.3 Å². The molecule has 0 aliphatic heterocycles. The van der Waals surface area contributed by atoms with E-state index in [1.807, 2.05) is 12.1 Å². The molecule has 9 aromatic carbocycles. The highest BCUT2D eigenvalue weighted by Crippen LogP contribution is 2.43. The van der Waals surface area contributed by atoms with Crippen molar-refractivity contribution in [2.75, 3.05) is 0 Å². The van der Waals surface area contributed by atoms with Gasteiger partial charge in [-0.3, -0.25) is 4.57 Å². The Bertz CT molecular complexity index is 4160. The summed E-state index contributed by atoms with van der Waals surface area (Å²) in [5, 5.41) is 9.15. The number of furan rings is 1. The Morgan fingerprint density at radius 3 is 1.78 bits per heavy atom. The molecule has 0 spiro atoms. The third-order valence-corrected chi connectivity index (χ3v) is 13.9. The lowest BCUT2D eigenvalue weighted by Crippen LogP contribution is -2.06. The van der Waals surface area contributed by atoms with Crippen molar-refractivity contribution in [3.05, 3.63) is 200 Å². The highest BCUT2D eigenvalue weighted by Gasteiger charge is 2.22. The summed E-state index contributed by atoms with van der Waals surface area (Å²) >= 11 is 1.79. The highest BCUT2D eigenvalue weighted by molar-refractivity contribution is 7.25. The molecule has 0 atom stereocenters. The molecule has 14 aromatic rings. The summed E-state index contributed by atoms with van der Waals surface area (Å²) in [5.74, 6) is 1.73. The lowest BCUT2D eigenvalue weighted by molar-refractivity contribution is 0.669. The summed E-state index contributed by atoms with van der Waals surface area (Å²) < 4.78 is 13.7. The Balaban J connectivity index is 1.02. The Morgan fingerprint density at radius 1 is 0.375 bits per heavy atom. The first-order chi connectivity index (χ1) is 31.7. The maximum absolute atomic E-state index is 6.66. The second-order valence-electron chi connectivity index (χ2n) is 16.3. The van der Waals surface area contributed by atoms with Gasteiger partial charge in [0.2, 0.25) is 5.95 Å². The number of hydrogen-bond donors (Lipinski definition) is 0. The molecule has 0 N–H and O–H groups in total. The molecule has 5 aromatic heterocycles. The van der Waals surface area contributed by atoms with Gasteiger partial charge in [0.1, 0.15) is 11.2 Å². The van der Waals surface area contributed by atoms with Crippen LogP contribution in [0.2, 0.25) is 0 Å². The molecule has 0 unspecified atom stereocenters. The highest BCUT2D eigenvalue weighted by atomic mass is 32.1. The van der Waals surface area contributed by atoms with Crippen LogP contribution in [0.15, 0.2) is 205 Å². The molecule has 64 heavy (non-hydrogen) atoms. The first-order valence-corrected chi connectivity index (χ1v) is 22.3. The van der Waals surface area contributed by atoms with E-state index in [9.17, 15) is 0 Å². The second-order valence-corrected chi connectivity index (χ2v) is 17.4. The monoisotopic (exact) mass is 835 g/mol. The quantitative estimate of drug-likeness (QED) is 0.173. The van der Waals surface area contributed by atoms with E-state index < -0.39 is 0 Å². The summed E-state index contributed by atoms with van der Waals surface area (Å²) in [6, 6.07) is 70.8. The molecule has 5 heterocycles. The second kappa shape index (κ2) is 13.6. The van der Waals surface area contributed by atoms with Crippen molar-refractivity contribution in [2.45, 2.75) is 0 Å². The minimum atomic E-state index is 0.555. The van der Waals surface area contributed by atoms with E-state index in [1.54, 1.807) is 11.3 Å². The van der Waals surface area contributed by atoms with Gasteiger partial charge in [-0.2, -0.15) is 9.97 Å². The molecule has 14 rings (SSSR count). The maximum atomic E-state index is 6.66. The van der Waals surface area contributed by atoms with Crippen molar-refractivity contribution in [2.24, 2.45) is 0 Å². The average Bonchev–Trinajstić information content (AvgIpc) is 4.11. The minimum absolute atomic E-state index is 0.555. The third-order valence-electron chi connectivity index (χ3n) is 12.8. The van der Waals surface area contributed by atoms with Crippen molar-refractivity contribution in [3.63, 3.8) is 0 Å². The molecule has 7 heteroatoms. The van der Waals surface area contributed by atoms with Crippen molar-refractivity contribution >= 4 is 97.1 Å². The van der Waals surface area contributed by atoms with E-state index >= 15 is 0 Å². The maximum Gasteiger partial charge on any atom is 0.238 e. The smallest absolute Gasteiger partial charge is 0.238 e. The summed E-state index contributed by atoms with van der Waals surface area (Å²) in [6.07, 6.45) is 0. The van der Waals surface area contributed by atoms with E-state index in [-0.39, 0.29) is 0 Å². The fourth-order valence-corrected chi connectivity index (χ4v) is 11.1. The molecular weight excluding hydrogens is 803 g/mol. The summed E-state index contributed by atoms with van der Waals surface area (Å²) in [6.45, 7) is 0. The molecule has 0 aliphatic carbocycles. The van der Waals surface area contributed by atoms with Crippen molar-refractivity contribution < 1.29 is 4.42 Å². The van der Waals surface area contributed by atoms with Gasteiger partial charge in [-0.1, -0.05) is 140 Å². The van der Waals surface area contributed by atoms with Gasteiger partial charge in [-0.05, 0) is 66.2 Å². The molecule has 298 valence electrons. The summed E-state index contributed by atoms with van der Waals surface area (Å²) in [7, 11) is 0. The fourth-order valence-electron chi connectivity index (χ4n) is 9.99. The van der Waals surface area contributed by atoms with Crippen LogP contribution >= 0.6 is 11.3 Å². The van der Waals surface area contributed by atoms with Crippen molar-refractivity contribution in [1.29, 1.82) is 0 Å². The van der Waals surface area contributed by atoms with Crippen LogP contribution in [0.5, 0.6) is 0 Å². The van der Waals surface area contributed by atoms with Gasteiger partial charge in [-0.25, -0.2) is 4.98 Å². The first kappa shape index (κ1) is 35.2. The van der Waals surface area contributed by atoms with Gasteiger partial charge >= 0.3 is 0 Å². The number of benzene rings is 9. The molecule has 0 bridgehead atoms. The predicted octanol–water partition coefficient (Wildman–Crippen LogP) is 15.3. The zero-order valence-electron chi connectivity index (χ0n) is 34.1. The Kier molecular flexibility index (Phi) is 7.46. The van der Waals surface area contributed by atoms with Crippen LogP contribution in [-0.4, -0.2) is 24.1 Å². The van der Waals surface area contributed by atoms with E-state index in [2.05, 4.69) is 197 Å². The van der Waals surface area contributed by atoms with E-state index in [4.69, 9.17) is 19.4 Å². The van der Waals surface area contributed by atoms with Gasteiger partial charge in [0, 0.05) is 74.9 Å². The molecule has 0 fully saturated rings. The van der Waals surface area contributed by atoms with Crippen LogP contribution in [-0.2, 0) is 0 Å². The van der Waals surface area contributed by atoms with Gasteiger partial charge in [0.05, 0.1) is 22.1 Å². The molecule has 0 saturated carbocycles. The number of fused-ring (bicyclic) bond motifs is 12. The zero-order chi connectivity index (χ0) is 41.9. The van der Waals surface area contributed by atoms with Gasteiger partial charge in [0.15, 0.2) is 11.6 Å². The Hall–Kier alpha value is -8.39. The third kappa shape index (κ3) is 5.16. The number of aromatic nitrogens is 5. The van der Waals surface area contributed by atoms with Crippen LogP contribution in [0.1, 0.15) is 0 Å². The van der Waals surface area contributed by atoms with Crippen LogP contribution in [0, 0.1) is 0 Å². The molecule has 0 saturated heterocycles. The van der Waals surface area contributed by atoms with Gasteiger partial charge in [0.25, 0.3) is 0 Å². The van der Waals surface area contributed by atoms with Crippen molar-refractivity contribution in [1.82, 2.24) is 24.1 Å². The number of para-hydroxylation sites is 5. The van der Waals surface area contributed by atoms with Crippen LogP contribution in [0.3, 0.4) is 0 Å². The summed E-state index contributed by atoms with van der Waals surface area (Å²) in [5.41, 5.74) is 11.1. The average molecular weight is 836 g/mol. The molecular formula is C57H33N5OS. The number of hydrogen-bond acceptors (Lipinski definition) is 5. The van der Waals surface area contributed by atoms with Crippen LogP contribution in [0.25, 0.3) is 131 Å². The number of nitrogens with zero attached hydrogens (tertiary/aromatic N) is 5. The fraction of sp³-hybridized carbons (Fsp3) is 0. The van der Waals surface area contributed by atoms with E-state index in [1.165, 1.54) is 36.5 Å². The molecule has 0 amide bonds. The van der Waals surface area contributed by atoms with E-state index in [0.29, 0.717) is 17.6 Å². The minimum Gasteiger partial charge on any atom is -0.456 e. The van der Waals surface area contributed by atoms with E-state index in [0.717, 1.165) is 77.2 Å². The topological polar surface area (TPSA) is 61.7 Å². The normalized spacial score (nSPS) is 12.1. The first-order valence-electron chi connectivity index (χ1n) is 21.4. The standard InChI is InChI=1S/C57H33N5OS/c1-2-14-36(15-3-1)61-46-23-8-6-18-40(46)43-21-12-20-37(54(43)61)34-29-31-49-45(32-34)53-44(22-13-26-50(53)63-49)56-58-55(35-28-30-42-41-19-7-11-27-51(41)64-52(42)33-35)59-57(60-56)62-47-24-9-4-16-38(47)39-17-5-10-25-48(39)62/h1-33H. The Labute approximate surface area is 369 Å². The molecule has 0 radical (unpaired) electrons. The number of thiophene rings is 1. The summed E-state index contributed by atoms with van der Waals surface area (Å²) in [4.78, 5) is 16.1. The lowest BCUT2D eigenvalue weighted by Gasteiger charge is -2.12. The number of rotatable bonds is 5. The van der Waals surface area contributed by atoms with Crippen molar-refractivity contribution in [3.8, 4) is 45.5 Å². The van der Waals surface area contributed by atoms with Crippen LogP contribution in [0.4, 0.5) is 0 Å². The SMILES string of the molecule is c1ccc(-n2c3ccccc3c3cccc(-c4ccc5oc6cccc(-c7nc(-c8ccc9c(c8)sc8ccccc89)nc(-n8c9ccccc9c9ccccc98)n7)c6c5c4)c32)cc1. The lowest BCUT2D eigenvalue weighted by atomic mass is 9.98. The van der Waals surface area contributed by atoms with Crippen LogP contribution < -0.4 is 0 Å². The zero-order valence-corrected chi connectivity index (χ0v) is 34.9. The molecule has 6 nitrogen and oxygen atoms in total.